The predicted molar refractivity (Wildman–Crippen MR) is 276 cm³/mol. The lowest BCUT2D eigenvalue weighted by Crippen LogP contribution is -2.43. The SMILES string of the molecule is COCCN1c2ccc3c(S(=O)(=O)O)cc(S(=O)(=O)O)cc3c2C(C)(CCCS(=O)(=O)O)C1/C=C/C=C/C=C1/N(CCCCCC(=O)ON2C(=O)CCC2=O)c2ccc3c(S(=O)(=O)O)cc(S(=O)(=O)O)cc3c2C1(C)C. The summed E-state index contributed by atoms with van der Waals surface area (Å²) in [6.07, 6.45) is 9.22. The van der Waals surface area contributed by atoms with Gasteiger partial charge in [-0.1, -0.05) is 63.6 Å². The predicted octanol–water partition coefficient (Wildman–Crippen LogP) is 5.70. The second kappa shape index (κ2) is 21.3. The first kappa shape index (κ1) is 58.0. The van der Waals surface area contributed by atoms with E-state index in [0.717, 1.165) is 12.1 Å². The highest BCUT2D eigenvalue weighted by atomic mass is 32.2. The third kappa shape index (κ3) is 11.9. The Balaban J connectivity index is 1.30. The van der Waals surface area contributed by atoms with Gasteiger partial charge in [0, 0.05) is 78.1 Å². The number of rotatable bonds is 21. The van der Waals surface area contributed by atoms with Gasteiger partial charge in [0.2, 0.25) is 0 Å². The van der Waals surface area contributed by atoms with Crippen molar-refractivity contribution in [2.75, 3.05) is 42.4 Å². The number of imide groups is 1. The van der Waals surface area contributed by atoms with Crippen LogP contribution in [0.15, 0.2) is 104 Å². The highest BCUT2D eigenvalue weighted by Gasteiger charge is 2.48. The van der Waals surface area contributed by atoms with Crippen LogP contribution >= 0.6 is 0 Å². The van der Waals surface area contributed by atoms with Gasteiger partial charge in [-0.15, -0.1) is 5.06 Å². The summed E-state index contributed by atoms with van der Waals surface area (Å²) >= 11 is 0. The van der Waals surface area contributed by atoms with Gasteiger partial charge in [0.25, 0.3) is 62.4 Å². The minimum atomic E-state index is -5.11. The van der Waals surface area contributed by atoms with Crippen molar-refractivity contribution in [3.8, 4) is 0 Å². The Morgan fingerprint density at radius 2 is 1.21 bits per heavy atom. The number of carbonyl (C=O) groups is 3. The van der Waals surface area contributed by atoms with E-state index < -0.39 is 111 Å². The van der Waals surface area contributed by atoms with E-state index in [4.69, 9.17) is 9.57 Å². The van der Waals surface area contributed by atoms with E-state index >= 15 is 0 Å². The molecule has 0 aromatic heterocycles. The second-order valence-corrected chi connectivity index (χ2v) is 26.4. The largest absolute Gasteiger partial charge is 0.383 e. The Bertz CT molecular complexity index is 3730. The van der Waals surface area contributed by atoms with Gasteiger partial charge in [-0.2, -0.15) is 42.1 Å². The van der Waals surface area contributed by atoms with Gasteiger partial charge >= 0.3 is 5.97 Å². The van der Waals surface area contributed by atoms with Crippen LogP contribution in [-0.4, -0.2) is 126 Å². The Morgan fingerprint density at radius 3 is 1.74 bits per heavy atom. The van der Waals surface area contributed by atoms with Crippen molar-refractivity contribution in [2.45, 2.75) is 109 Å². The molecule has 1 saturated heterocycles. The zero-order chi connectivity index (χ0) is 56.1. The van der Waals surface area contributed by atoms with E-state index in [2.05, 4.69) is 0 Å². The monoisotopic (exact) mass is 1150 g/mol. The standard InChI is InChI=1S/C48H55N3O20S5/c1-47(2)40(49(22-10-6-9-14-44(54)71-51-42(52)19-20-43(51)53)36-17-15-32-34(45(36)47)26-30(73(58,59)60)28-38(32)75(64,65)66)12-7-5-8-13-41-48(3,21-11-25-72(55,56)57)46-35-27-31(74(61,62)63)29-39(76(67,68)69)33(35)16-18-37(46)50(41)23-24-70-4/h5,7-8,12-13,15-18,26-29,41H,6,9-11,14,19-25H2,1-4H3,(H,55,56,57)(H,58,59,60)(H,61,62,63)(H,64,65,66)(H,67,68,69)/b7-5+,13-8+,40-12+. The molecule has 412 valence electrons. The molecule has 28 heteroatoms. The number of hydrogen-bond donors (Lipinski definition) is 5. The lowest BCUT2D eigenvalue weighted by molar-refractivity contribution is -0.197. The quantitative estimate of drug-likeness (QED) is 0.0289. The first-order valence-corrected chi connectivity index (χ1v) is 30.8. The molecule has 0 saturated carbocycles. The van der Waals surface area contributed by atoms with Crippen LogP contribution in [0.2, 0.25) is 0 Å². The number of benzene rings is 4. The van der Waals surface area contributed by atoms with Crippen LogP contribution in [0.25, 0.3) is 21.5 Å². The molecule has 0 aliphatic carbocycles. The fourth-order valence-electron chi connectivity index (χ4n) is 10.5. The number of fused-ring (bicyclic) bond motifs is 6. The van der Waals surface area contributed by atoms with Gasteiger partial charge in [-0.3, -0.25) is 32.4 Å². The van der Waals surface area contributed by atoms with Crippen LogP contribution in [0.4, 0.5) is 11.4 Å². The molecule has 76 heavy (non-hydrogen) atoms. The van der Waals surface area contributed by atoms with Crippen molar-refractivity contribution in [3.05, 3.63) is 95.7 Å². The molecule has 5 N–H and O–H groups in total. The summed E-state index contributed by atoms with van der Waals surface area (Å²) in [7, 11) is -23.3. The van der Waals surface area contributed by atoms with Crippen molar-refractivity contribution >= 4 is 101 Å². The minimum absolute atomic E-state index is 0.00456. The molecule has 4 aromatic rings. The van der Waals surface area contributed by atoms with Crippen LogP contribution < -0.4 is 9.80 Å². The van der Waals surface area contributed by atoms with Crippen molar-refractivity contribution < 1.29 is 88.8 Å². The van der Waals surface area contributed by atoms with Gasteiger partial charge in [-0.25, -0.2) is 4.79 Å². The Morgan fingerprint density at radius 1 is 0.658 bits per heavy atom. The molecule has 3 aliphatic rings. The molecule has 1 fully saturated rings. The normalized spacial score (nSPS) is 19.8. The van der Waals surface area contributed by atoms with Crippen LogP contribution in [0, 0.1) is 0 Å². The number of carbonyl (C=O) groups excluding carboxylic acids is 3. The van der Waals surface area contributed by atoms with Crippen molar-refractivity contribution in [3.63, 3.8) is 0 Å². The average molecular weight is 1150 g/mol. The summed E-state index contributed by atoms with van der Waals surface area (Å²) in [6.45, 7) is 5.89. The summed E-state index contributed by atoms with van der Waals surface area (Å²) < 4.78 is 181. The van der Waals surface area contributed by atoms with E-state index in [1.807, 2.05) is 9.80 Å². The maximum Gasteiger partial charge on any atom is 0.333 e. The van der Waals surface area contributed by atoms with Crippen molar-refractivity contribution in [1.82, 2.24) is 5.06 Å². The molecular weight excluding hydrogens is 1100 g/mol. The summed E-state index contributed by atoms with van der Waals surface area (Å²) in [4.78, 5) is 42.0. The molecule has 4 aromatic carbocycles. The number of ether oxygens (including phenoxy) is 1. The average Bonchev–Trinajstić information content (AvgIpc) is 3.85. The maximum absolute atomic E-state index is 12.7. The fourth-order valence-corrected chi connectivity index (χ4v) is 13.7. The molecule has 7 rings (SSSR count). The molecule has 0 radical (unpaired) electrons. The number of nitrogens with zero attached hydrogens (tertiary/aromatic N) is 3. The van der Waals surface area contributed by atoms with Crippen molar-refractivity contribution in [1.29, 1.82) is 0 Å². The number of unbranched alkanes of at least 4 members (excludes halogenated alkanes) is 2. The lowest BCUT2D eigenvalue weighted by atomic mass is 9.73. The van der Waals surface area contributed by atoms with Crippen LogP contribution in [0.1, 0.15) is 83.3 Å². The van der Waals surface area contributed by atoms with Gasteiger partial charge in [-0.05, 0) is 90.1 Å². The molecule has 2 unspecified atom stereocenters. The molecule has 3 aliphatic heterocycles. The van der Waals surface area contributed by atoms with E-state index in [-0.39, 0.29) is 79.8 Å². The highest BCUT2D eigenvalue weighted by molar-refractivity contribution is 7.87. The van der Waals surface area contributed by atoms with Crippen molar-refractivity contribution in [2.24, 2.45) is 0 Å². The molecule has 3 heterocycles. The van der Waals surface area contributed by atoms with E-state index in [0.29, 0.717) is 58.2 Å². The number of hydrogen-bond acceptors (Lipinski definition) is 17. The molecule has 2 amide bonds. The summed E-state index contributed by atoms with van der Waals surface area (Å²) in [6, 6.07) is 8.63. The number of allylic oxidation sites excluding steroid dienone is 5. The highest BCUT2D eigenvalue weighted by Crippen LogP contribution is 2.54. The van der Waals surface area contributed by atoms with E-state index in [9.17, 15) is 79.2 Å². The molecule has 0 spiro atoms. The second-order valence-electron chi connectivity index (χ2n) is 19.2. The molecular formula is C48H55N3O20S5. The van der Waals surface area contributed by atoms with Gasteiger partial charge in [0.05, 0.1) is 28.2 Å². The first-order valence-electron chi connectivity index (χ1n) is 23.4. The number of anilines is 2. The van der Waals surface area contributed by atoms with Gasteiger partial charge in [0.1, 0.15) is 9.79 Å². The third-order valence-electron chi connectivity index (χ3n) is 13.8. The molecule has 2 atom stereocenters. The first-order chi connectivity index (χ1) is 35.2. The van der Waals surface area contributed by atoms with Gasteiger partial charge < -0.3 is 19.4 Å². The van der Waals surface area contributed by atoms with Gasteiger partial charge in [0.15, 0.2) is 0 Å². The zero-order valence-electron chi connectivity index (χ0n) is 41.3. The Hall–Kier alpha value is -5.66. The Kier molecular flexibility index (Phi) is 16.3. The third-order valence-corrected chi connectivity index (χ3v) is 18.1. The van der Waals surface area contributed by atoms with Crippen LogP contribution in [0.3, 0.4) is 0 Å². The molecule has 23 nitrogen and oxygen atoms in total. The summed E-state index contributed by atoms with van der Waals surface area (Å²) in [5, 5.41) is 0.409. The minimum Gasteiger partial charge on any atom is -0.383 e. The zero-order valence-corrected chi connectivity index (χ0v) is 45.4. The number of hydroxylamine groups is 2. The molecule has 0 bridgehead atoms. The van der Waals surface area contributed by atoms with Crippen LogP contribution in [-0.2, 0) is 85.4 Å². The summed E-state index contributed by atoms with van der Waals surface area (Å²) in [5.41, 5.74) is 0.0172. The fraction of sp³-hybridized carbons (Fsp3) is 0.396. The maximum atomic E-state index is 12.7. The smallest absolute Gasteiger partial charge is 0.333 e. The topological polar surface area (TPSA) is 351 Å². The number of amides is 2. The number of methoxy groups -OCH3 is 1. The lowest BCUT2D eigenvalue weighted by Gasteiger charge is -2.35. The summed E-state index contributed by atoms with van der Waals surface area (Å²) in [5.74, 6) is -2.70. The van der Waals surface area contributed by atoms with Crippen LogP contribution in [0.5, 0.6) is 0 Å². The van der Waals surface area contributed by atoms with E-state index in [1.165, 1.54) is 19.2 Å². The Labute approximate surface area is 439 Å². The van der Waals surface area contributed by atoms with E-state index in [1.54, 1.807) is 63.3 Å².